The summed E-state index contributed by atoms with van der Waals surface area (Å²) in [5.41, 5.74) is -0.211. The molecule has 14 heavy (non-hydrogen) atoms. The quantitative estimate of drug-likeness (QED) is 0.653. The third-order valence-corrected chi connectivity index (χ3v) is 2.22. The molecule has 0 radical (unpaired) electrons. The van der Waals surface area contributed by atoms with Crippen molar-refractivity contribution in [3.63, 3.8) is 0 Å². The van der Waals surface area contributed by atoms with Crippen LogP contribution in [0.3, 0.4) is 0 Å². The van der Waals surface area contributed by atoms with Crippen LogP contribution in [-0.2, 0) is 4.79 Å². The maximum Gasteiger partial charge on any atom is 0.152 e. The lowest BCUT2D eigenvalue weighted by Crippen LogP contribution is -2.34. The van der Waals surface area contributed by atoms with Gasteiger partial charge in [0.2, 0.25) is 0 Å². The van der Waals surface area contributed by atoms with Gasteiger partial charge in [-0.3, -0.25) is 9.69 Å². The predicted octanol–water partition coefficient (Wildman–Crippen LogP) is 1.14. The number of nitrogens with zero attached hydrogens (tertiary/aromatic N) is 1. The van der Waals surface area contributed by atoms with Crippen LogP contribution in [0.2, 0.25) is 0 Å². The molecular weight excluding hydrogens is 176 g/mol. The highest BCUT2D eigenvalue weighted by molar-refractivity contribution is 5.85. The Balaban J connectivity index is 3.72. The van der Waals surface area contributed by atoms with E-state index in [-0.39, 0.29) is 5.41 Å². The van der Waals surface area contributed by atoms with Crippen LogP contribution in [-0.4, -0.2) is 44.4 Å². The van der Waals surface area contributed by atoms with Crippen molar-refractivity contribution in [3.05, 3.63) is 0 Å². The molecule has 0 aliphatic carbocycles. The molecule has 3 nitrogen and oxygen atoms in total. The molecule has 0 bridgehead atoms. The largest absolute Gasteiger partial charge is 0.320 e. The smallest absolute Gasteiger partial charge is 0.152 e. The zero-order valence-corrected chi connectivity index (χ0v) is 10.2. The number of hydrogen-bond donors (Lipinski definition) is 1. The van der Waals surface area contributed by atoms with Crippen molar-refractivity contribution < 1.29 is 4.79 Å². The Hall–Kier alpha value is -0.410. The van der Waals surface area contributed by atoms with E-state index >= 15 is 0 Å². The first kappa shape index (κ1) is 13.6. The lowest BCUT2D eigenvalue weighted by atomic mass is 9.90. The van der Waals surface area contributed by atoms with Crippen molar-refractivity contribution in [2.24, 2.45) is 5.41 Å². The molecule has 0 heterocycles. The van der Waals surface area contributed by atoms with Crippen LogP contribution in [0.5, 0.6) is 0 Å². The van der Waals surface area contributed by atoms with Gasteiger partial charge in [0.25, 0.3) is 0 Å². The average Bonchev–Trinajstić information content (AvgIpc) is 2.03. The molecule has 0 atom stereocenters. The first-order valence-corrected chi connectivity index (χ1v) is 5.24. The summed E-state index contributed by atoms with van der Waals surface area (Å²) in [5.74, 6) is 0.310. The summed E-state index contributed by atoms with van der Waals surface area (Å²) in [5, 5.41) is 3.10. The van der Waals surface area contributed by atoms with Crippen molar-refractivity contribution in [1.29, 1.82) is 0 Å². The zero-order chi connectivity index (χ0) is 11.2. The minimum Gasteiger partial charge on any atom is -0.320 e. The SMILES string of the molecule is CNCCCN(C)CC(=O)C(C)(C)C. The van der Waals surface area contributed by atoms with Crippen LogP contribution in [0.4, 0.5) is 0 Å². The van der Waals surface area contributed by atoms with Crippen LogP contribution < -0.4 is 5.32 Å². The molecule has 0 amide bonds. The molecule has 0 aliphatic rings. The van der Waals surface area contributed by atoms with E-state index in [1.165, 1.54) is 0 Å². The molecule has 84 valence electrons. The molecule has 3 heteroatoms. The number of carbonyl (C=O) groups is 1. The summed E-state index contributed by atoms with van der Waals surface area (Å²) in [4.78, 5) is 13.7. The van der Waals surface area contributed by atoms with E-state index in [1.807, 2.05) is 34.9 Å². The Bertz CT molecular complexity index is 173. The zero-order valence-electron chi connectivity index (χ0n) is 10.2. The second-order valence-corrected chi connectivity index (χ2v) is 4.87. The van der Waals surface area contributed by atoms with Crippen molar-refractivity contribution in [2.75, 3.05) is 33.7 Å². The molecule has 0 unspecified atom stereocenters. The number of carbonyl (C=O) groups excluding carboxylic acids is 1. The summed E-state index contributed by atoms with van der Waals surface area (Å²) in [6.45, 7) is 8.45. The van der Waals surface area contributed by atoms with Crippen molar-refractivity contribution >= 4 is 5.78 Å². The van der Waals surface area contributed by atoms with Crippen molar-refractivity contribution in [2.45, 2.75) is 27.2 Å². The minimum atomic E-state index is -0.211. The van der Waals surface area contributed by atoms with Crippen LogP contribution in [0, 0.1) is 5.41 Å². The van der Waals surface area contributed by atoms with Gasteiger partial charge in [0.1, 0.15) is 0 Å². The van der Waals surface area contributed by atoms with E-state index in [2.05, 4.69) is 10.2 Å². The van der Waals surface area contributed by atoms with Crippen LogP contribution in [0.15, 0.2) is 0 Å². The lowest BCUT2D eigenvalue weighted by Gasteiger charge is -2.22. The van der Waals surface area contributed by atoms with E-state index in [9.17, 15) is 4.79 Å². The molecule has 0 aromatic carbocycles. The standard InChI is InChI=1S/C11H24N2O/c1-11(2,3)10(14)9-13(5)8-6-7-12-4/h12H,6-9H2,1-5H3. The van der Waals surface area contributed by atoms with Gasteiger partial charge in [0, 0.05) is 5.41 Å². The van der Waals surface area contributed by atoms with Crippen LogP contribution in [0.1, 0.15) is 27.2 Å². The Morgan fingerprint density at radius 1 is 1.36 bits per heavy atom. The molecule has 0 saturated carbocycles. The number of rotatable bonds is 6. The maximum atomic E-state index is 11.7. The second-order valence-electron chi connectivity index (χ2n) is 4.87. The molecule has 0 saturated heterocycles. The first-order valence-electron chi connectivity index (χ1n) is 5.24. The number of ketones is 1. The van der Waals surface area contributed by atoms with E-state index in [4.69, 9.17) is 0 Å². The van der Waals surface area contributed by atoms with Gasteiger partial charge in [-0.15, -0.1) is 0 Å². The van der Waals surface area contributed by atoms with Crippen molar-refractivity contribution in [3.8, 4) is 0 Å². The fourth-order valence-corrected chi connectivity index (χ4v) is 1.09. The van der Waals surface area contributed by atoms with E-state index < -0.39 is 0 Å². The fourth-order valence-electron chi connectivity index (χ4n) is 1.09. The molecular formula is C11H24N2O. The highest BCUT2D eigenvalue weighted by Crippen LogP contribution is 2.14. The maximum absolute atomic E-state index is 11.7. The van der Waals surface area contributed by atoms with Gasteiger partial charge in [-0.1, -0.05) is 20.8 Å². The second kappa shape index (κ2) is 6.14. The van der Waals surface area contributed by atoms with Gasteiger partial charge in [-0.2, -0.15) is 0 Å². The van der Waals surface area contributed by atoms with E-state index in [0.29, 0.717) is 12.3 Å². The molecule has 0 spiro atoms. The van der Waals surface area contributed by atoms with Gasteiger partial charge in [0.15, 0.2) is 5.78 Å². The highest BCUT2D eigenvalue weighted by atomic mass is 16.1. The number of likely N-dealkylation sites (N-methyl/N-ethyl adjacent to an activating group) is 1. The summed E-state index contributed by atoms with van der Waals surface area (Å²) < 4.78 is 0. The molecule has 1 N–H and O–H groups in total. The van der Waals surface area contributed by atoms with Crippen molar-refractivity contribution in [1.82, 2.24) is 10.2 Å². The van der Waals surface area contributed by atoms with Gasteiger partial charge in [-0.25, -0.2) is 0 Å². The Labute approximate surface area is 87.9 Å². The molecule has 0 aromatic heterocycles. The number of nitrogens with one attached hydrogen (secondary N) is 1. The molecule has 0 rings (SSSR count). The van der Waals surface area contributed by atoms with E-state index in [1.54, 1.807) is 0 Å². The van der Waals surface area contributed by atoms with E-state index in [0.717, 1.165) is 19.5 Å². The third kappa shape index (κ3) is 6.11. The monoisotopic (exact) mass is 200 g/mol. The van der Waals surface area contributed by atoms with Crippen LogP contribution >= 0.6 is 0 Å². The Morgan fingerprint density at radius 3 is 2.36 bits per heavy atom. The minimum absolute atomic E-state index is 0.211. The third-order valence-electron chi connectivity index (χ3n) is 2.22. The summed E-state index contributed by atoms with van der Waals surface area (Å²) in [7, 11) is 3.94. The number of hydrogen-bond acceptors (Lipinski definition) is 3. The van der Waals surface area contributed by atoms with Crippen LogP contribution in [0.25, 0.3) is 0 Å². The lowest BCUT2D eigenvalue weighted by molar-refractivity contribution is -0.127. The fraction of sp³-hybridized carbons (Fsp3) is 0.909. The Morgan fingerprint density at radius 2 is 1.93 bits per heavy atom. The van der Waals surface area contributed by atoms with Gasteiger partial charge < -0.3 is 5.32 Å². The topological polar surface area (TPSA) is 32.3 Å². The van der Waals surface area contributed by atoms with Gasteiger partial charge in [0.05, 0.1) is 6.54 Å². The normalized spacial score (nSPS) is 12.1. The molecule has 0 aromatic rings. The molecule has 0 fully saturated rings. The Kier molecular flexibility index (Phi) is 5.96. The number of Topliss-reactive ketones (excluding diaryl/α,β-unsaturated/α-hetero) is 1. The predicted molar refractivity (Wildman–Crippen MR) is 60.5 cm³/mol. The molecule has 0 aliphatic heterocycles. The summed E-state index contributed by atoms with van der Waals surface area (Å²) in [6.07, 6.45) is 1.09. The average molecular weight is 200 g/mol. The van der Waals surface area contributed by atoms with Gasteiger partial charge >= 0.3 is 0 Å². The first-order chi connectivity index (χ1) is 6.38. The highest BCUT2D eigenvalue weighted by Gasteiger charge is 2.21. The van der Waals surface area contributed by atoms with Gasteiger partial charge in [-0.05, 0) is 33.6 Å². The summed E-state index contributed by atoms with van der Waals surface area (Å²) >= 11 is 0. The summed E-state index contributed by atoms with van der Waals surface area (Å²) in [6, 6.07) is 0.